The summed E-state index contributed by atoms with van der Waals surface area (Å²) in [5.74, 6) is 0. The second-order valence-electron chi connectivity index (χ2n) is 4.98. The zero-order valence-electron chi connectivity index (χ0n) is 9.76. The molecule has 1 unspecified atom stereocenters. The van der Waals surface area contributed by atoms with Crippen LogP contribution in [0.4, 0.5) is 5.69 Å². The van der Waals surface area contributed by atoms with Crippen molar-refractivity contribution in [1.29, 1.82) is 0 Å². The Kier molecular flexibility index (Phi) is 1.88. The van der Waals surface area contributed by atoms with Crippen LogP contribution >= 0.6 is 0 Å². The van der Waals surface area contributed by atoms with Gasteiger partial charge in [0.15, 0.2) is 0 Å². The van der Waals surface area contributed by atoms with Gasteiger partial charge in [-0.15, -0.1) is 0 Å². The minimum Gasteiger partial charge on any atom is -0.371 e. The standard InChI is InChI=1S/C13H19N/c1-9-7-6-8-11-12(9)14(5)10(2)13(11,3)4/h6-8,10H,1-5H3. The van der Waals surface area contributed by atoms with Gasteiger partial charge in [0.05, 0.1) is 0 Å². The van der Waals surface area contributed by atoms with E-state index < -0.39 is 0 Å². The van der Waals surface area contributed by atoms with Gasteiger partial charge in [0.2, 0.25) is 0 Å². The maximum atomic E-state index is 2.41. The summed E-state index contributed by atoms with van der Waals surface area (Å²) in [5.41, 5.74) is 4.59. The lowest BCUT2D eigenvalue weighted by Crippen LogP contribution is -2.36. The van der Waals surface area contributed by atoms with E-state index in [0.29, 0.717) is 6.04 Å². The van der Waals surface area contributed by atoms with Gasteiger partial charge in [0, 0.05) is 24.2 Å². The van der Waals surface area contributed by atoms with Gasteiger partial charge in [-0.3, -0.25) is 0 Å². The van der Waals surface area contributed by atoms with E-state index in [1.54, 1.807) is 0 Å². The lowest BCUT2D eigenvalue weighted by Gasteiger charge is -2.28. The summed E-state index contributed by atoms with van der Waals surface area (Å²) >= 11 is 0. The first-order chi connectivity index (χ1) is 6.46. The molecule has 1 atom stereocenters. The van der Waals surface area contributed by atoms with Crippen LogP contribution in [0.5, 0.6) is 0 Å². The minimum absolute atomic E-state index is 0.274. The van der Waals surface area contributed by atoms with E-state index in [9.17, 15) is 0 Å². The molecule has 0 saturated heterocycles. The van der Waals surface area contributed by atoms with Crippen molar-refractivity contribution in [3.05, 3.63) is 29.3 Å². The smallest absolute Gasteiger partial charge is 0.0434 e. The van der Waals surface area contributed by atoms with Crippen LogP contribution in [-0.4, -0.2) is 13.1 Å². The van der Waals surface area contributed by atoms with Crippen molar-refractivity contribution < 1.29 is 0 Å². The molecule has 1 aliphatic heterocycles. The van der Waals surface area contributed by atoms with Crippen molar-refractivity contribution in [3.8, 4) is 0 Å². The molecule has 1 aromatic carbocycles. The van der Waals surface area contributed by atoms with Crippen molar-refractivity contribution in [1.82, 2.24) is 0 Å². The highest BCUT2D eigenvalue weighted by atomic mass is 15.2. The summed E-state index contributed by atoms with van der Waals surface area (Å²) in [4.78, 5) is 2.41. The predicted octanol–water partition coefficient (Wildman–Crippen LogP) is 3.11. The number of likely N-dealkylation sites (N-methyl/N-ethyl adjacent to an activating group) is 1. The maximum absolute atomic E-state index is 2.41. The van der Waals surface area contributed by atoms with Gasteiger partial charge in [-0.1, -0.05) is 32.0 Å². The Morgan fingerprint density at radius 1 is 1.29 bits per heavy atom. The first-order valence-electron chi connectivity index (χ1n) is 5.29. The molecule has 1 heterocycles. The number of aryl methyl sites for hydroxylation is 1. The predicted molar refractivity (Wildman–Crippen MR) is 62.1 cm³/mol. The van der Waals surface area contributed by atoms with Crippen LogP contribution < -0.4 is 4.90 Å². The third-order valence-corrected chi connectivity index (χ3v) is 3.91. The number of fused-ring (bicyclic) bond motifs is 1. The molecule has 1 aliphatic rings. The molecule has 0 spiro atoms. The number of para-hydroxylation sites is 1. The van der Waals surface area contributed by atoms with Gasteiger partial charge in [-0.25, -0.2) is 0 Å². The zero-order valence-corrected chi connectivity index (χ0v) is 9.76. The molecule has 0 fully saturated rings. The van der Waals surface area contributed by atoms with Crippen molar-refractivity contribution in [2.24, 2.45) is 0 Å². The van der Waals surface area contributed by atoms with Crippen molar-refractivity contribution in [3.63, 3.8) is 0 Å². The normalized spacial score (nSPS) is 23.8. The number of hydrogen-bond donors (Lipinski definition) is 0. The molecule has 1 heteroatoms. The van der Waals surface area contributed by atoms with Crippen molar-refractivity contribution in [2.45, 2.75) is 39.2 Å². The van der Waals surface area contributed by atoms with E-state index in [1.807, 2.05) is 0 Å². The van der Waals surface area contributed by atoms with Gasteiger partial charge in [-0.2, -0.15) is 0 Å². The molecule has 0 bridgehead atoms. The van der Waals surface area contributed by atoms with Crippen molar-refractivity contribution in [2.75, 3.05) is 11.9 Å². The summed E-state index contributed by atoms with van der Waals surface area (Å²) in [5, 5.41) is 0. The topological polar surface area (TPSA) is 3.24 Å². The van der Waals surface area contributed by atoms with Crippen LogP contribution in [0.1, 0.15) is 31.9 Å². The second kappa shape index (κ2) is 2.75. The van der Waals surface area contributed by atoms with Crippen LogP contribution in [0.2, 0.25) is 0 Å². The molecule has 14 heavy (non-hydrogen) atoms. The fourth-order valence-electron chi connectivity index (χ4n) is 2.55. The zero-order chi connectivity index (χ0) is 10.5. The number of rotatable bonds is 0. The average Bonchev–Trinajstić information content (AvgIpc) is 2.30. The lowest BCUT2D eigenvalue weighted by molar-refractivity contribution is 0.454. The third-order valence-electron chi connectivity index (χ3n) is 3.91. The van der Waals surface area contributed by atoms with E-state index in [1.165, 1.54) is 16.8 Å². The molecule has 0 N–H and O–H groups in total. The Hall–Kier alpha value is -0.980. The van der Waals surface area contributed by atoms with Gasteiger partial charge in [-0.05, 0) is 25.0 Å². The molecule has 1 aromatic rings. The van der Waals surface area contributed by atoms with E-state index in [-0.39, 0.29) is 5.41 Å². The number of hydrogen-bond acceptors (Lipinski definition) is 1. The number of anilines is 1. The molecule has 0 saturated carbocycles. The largest absolute Gasteiger partial charge is 0.371 e. The Morgan fingerprint density at radius 2 is 1.93 bits per heavy atom. The Bertz CT molecular complexity index is 365. The van der Waals surface area contributed by atoms with E-state index in [4.69, 9.17) is 0 Å². The quantitative estimate of drug-likeness (QED) is 0.606. The summed E-state index contributed by atoms with van der Waals surface area (Å²) in [6.45, 7) is 9.17. The monoisotopic (exact) mass is 189 g/mol. The molecular formula is C13H19N. The van der Waals surface area contributed by atoms with Crippen molar-refractivity contribution >= 4 is 5.69 Å². The third kappa shape index (κ3) is 1.01. The van der Waals surface area contributed by atoms with Crippen LogP contribution in [0.25, 0.3) is 0 Å². The first kappa shape index (κ1) is 9.57. The minimum atomic E-state index is 0.274. The van der Waals surface area contributed by atoms with Gasteiger partial charge < -0.3 is 4.90 Å². The van der Waals surface area contributed by atoms with E-state index in [0.717, 1.165) is 0 Å². The van der Waals surface area contributed by atoms with Gasteiger partial charge in [0.25, 0.3) is 0 Å². The Labute approximate surface area is 86.7 Å². The SMILES string of the molecule is Cc1cccc2c1N(C)C(C)C2(C)C. The van der Waals surface area contributed by atoms with E-state index in [2.05, 4.69) is 57.8 Å². The fourth-order valence-corrected chi connectivity index (χ4v) is 2.55. The van der Waals surface area contributed by atoms with Gasteiger partial charge in [0.1, 0.15) is 0 Å². The molecule has 0 radical (unpaired) electrons. The lowest BCUT2D eigenvalue weighted by atomic mass is 9.81. The van der Waals surface area contributed by atoms with Crippen LogP contribution in [0.15, 0.2) is 18.2 Å². The number of nitrogens with zero attached hydrogens (tertiary/aromatic N) is 1. The summed E-state index contributed by atoms with van der Waals surface area (Å²) in [6, 6.07) is 7.21. The second-order valence-corrected chi connectivity index (χ2v) is 4.98. The molecule has 1 nitrogen and oxygen atoms in total. The summed E-state index contributed by atoms with van der Waals surface area (Å²) in [6.07, 6.45) is 0. The molecular weight excluding hydrogens is 170 g/mol. The average molecular weight is 189 g/mol. The molecule has 0 aliphatic carbocycles. The molecule has 2 rings (SSSR count). The molecule has 0 aromatic heterocycles. The highest BCUT2D eigenvalue weighted by molar-refractivity contribution is 5.67. The summed E-state index contributed by atoms with van der Waals surface area (Å²) < 4.78 is 0. The Morgan fingerprint density at radius 3 is 2.50 bits per heavy atom. The highest BCUT2D eigenvalue weighted by Crippen LogP contribution is 2.45. The van der Waals surface area contributed by atoms with Gasteiger partial charge >= 0.3 is 0 Å². The number of benzene rings is 1. The first-order valence-corrected chi connectivity index (χ1v) is 5.29. The summed E-state index contributed by atoms with van der Waals surface area (Å²) in [7, 11) is 2.20. The molecule has 76 valence electrons. The Balaban J connectivity index is 2.68. The fraction of sp³-hybridized carbons (Fsp3) is 0.538. The van der Waals surface area contributed by atoms with Crippen LogP contribution in [0.3, 0.4) is 0 Å². The van der Waals surface area contributed by atoms with E-state index >= 15 is 0 Å². The molecule has 0 amide bonds. The highest BCUT2D eigenvalue weighted by Gasteiger charge is 2.40. The van der Waals surface area contributed by atoms with Crippen LogP contribution in [0, 0.1) is 6.92 Å². The maximum Gasteiger partial charge on any atom is 0.0434 e. The van der Waals surface area contributed by atoms with Crippen LogP contribution in [-0.2, 0) is 5.41 Å².